The van der Waals surface area contributed by atoms with Gasteiger partial charge in [-0.25, -0.2) is 0 Å². The number of unbranched alkanes of at least 4 members (excludes halogenated alkanes) is 1. The SMILES string of the molecule is CCCCOCC(O)CN1CCCC(CO)C1. The molecule has 1 fully saturated rings. The first-order valence-corrected chi connectivity index (χ1v) is 6.85. The summed E-state index contributed by atoms with van der Waals surface area (Å²) in [6.07, 6.45) is 4.01. The molecule has 1 saturated heterocycles. The van der Waals surface area contributed by atoms with E-state index in [4.69, 9.17) is 9.84 Å². The molecular weight excluding hydrogens is 218 g/mol. The van der Waals surface area contributed by atoms with Gasteiger partial charge in [-0.3, -0.25) is 0 Å². The van der Waals surface area contributed by atoms with Crippen LogP contribution in [-0.4, -0.2) is 60.7 Å². The second kappa shape index (κ2) is 8.86. The number of aliphatic hydroxyl groups is 2. The monoisotopic (exact) mass is 245 g/mol. The van der Waals surface area contributed by atoms with Crippen LogP contribution in [0.4, 0.5) is 0 Å². The van der Waals surface area contributed by atoms with E-state index in [-0.39, 0.29) is 6.61 Å². The van der Waals surface area contributed by atoms with E-state index in [2.05, 4.69) is 11.8 Å². The molecule has 102 valence electrons. The van der Waals surface area contributed by atoms with E-state index < -0.39 is 6.10 Å². The molecule has 0 radical (unpaired) electrons. The van der Waals surface area contributed by atoms with Crippen LogP contribution in [0.2, 0.25) is 0 Å². The normalized spacial score (nSPS) is 23.8. The van der Waals surface area contributed by atoms with Crippen LogP contribution in [0.3, 0.4) is 0 Å². The molecule has 0 amide bonds. The largest absolute Gasteiger partial charge is 0.396 e. The lowest BCUT2D eigenvalue weighted by molar-refractivity contribution is 0.00507. The minimum absolute atomic E-state index is 0.263. The van der Waals surface area contributed by atoms with Crippen molar-refractivity contribution in [1.82, 2.24) is 4.90 Å². The second-order valence-electron chi connectivity index (χ2n) is 5.03. The highest BCUT2D eigenvalue weighted by Crippen LogP contribution is 2.15. The summed E-state index contributed by atoms with van der Waals surface area (Å²) in [6.45, 7) is 6.17. The summed E-state index contributed by atoms with van der Waals surface area (Å²) < 4.78 is 5.40. The van der Waals surface area contributed by atoms with Gasteiger partial charge < -0.3 is 19.8 Å². The van der Waals surface area contributed by atoms with Crippen molar-refractivity contribution in [2.45, 2.75) is 38.7 Å². The van der Waals surface area contributed by atoms with Gasteiger partial charge in [-0.2, -0.15) is 0 Å². The Labute approximate surface area is 105 Å². The van der Waals surface area contributed by atoms with Gasteiger partial charge in [0.2, 0.25) is 0 Å². The number of β-amino-alcohol motifs (C(OH)–C–C–N with tert-alkyl or cyclic N) is 1. The van der Waals surface area contributed by atoms with E-state index in [0.29, 0.717) is 19.1 Å². The topological polar surface area (TPSA) is 52.9 Å². The van der Waals surface area contributed by atoms with Crippen molar-refractivity contribution in [3.63, 3.8) is 0 Å². The highest BCUT2D eigenvalue weighted by Gasteiger charge is 2.20. The fourth-order valence-corrected chi connectivity index (χ4v) is 2.28. The zero-order valence-electron chi connectivity index (χ0n) is 11.0. The van der Waals surface area contributed by atoms with Gasteiger partial charge >= 0.3 is 0 Å². The van der Waals surface area contributed by atoms with Gasteiger partial charge in [0.15, 0.2) is 0 Å². The van der Waals surface area contributed by atoms with E-state index in [9.17, 15) is 5.11 Å². The van der Waals surface area contributed by atoms with Crippen LogP contribution in [0.1, 0.15) is 32.6 Å². The number of ether oxygens (including phenoxy) is 1. The molecule has 0 bridgehead atoms. The van der Waals surface area contributed by atoms with Gasteiger partial charge in [0.05, 0.1) is 12.7 Å². The highest BCUT2D eigenvalue weighted by molar-refractivity contribution is 4.74. The molecule has 0 spiro atoms. The van der Waals surface area contributed by atoms with E-state index >= 15 is 0 Å². The van der Waals surface area contributed by atoms with Crippen molar-refractivity contribution < 1.29 is 14.9 Å². The first-order valence-electron chi connectivity index (χ1n) is 6.85. The Morgan fingerprint density at radius 1 is 1.47 bits per heavy atom. The van der Waals surface area contributed by atoms with Gasteiger partial charge in [-0.05, 0) is 31.7 Å². The standard InChI is InChI=1S/C13H27NO3/c1-2-3-7-17-11-13(16)9-14-6-4-5-12(8-14)10-15/h12-13,15-16H,2-11H2,1H3. The molecular formula is C13H27NO3. The van der Waals surface area contributed by atoms with E-state index in [1.165, 1.54) is 0 Å². The number of likely N-dealkylation sites (tertiary alicyclic amines) is 1. The smallest absolute Gasteiger partial charge is 0.0900 e. The number of nitrogens with zero attached hydrogens (tertiary/aromatic N) is 1. The molecule has 1 aliphatic rings. The van der Waals surface area contributed by atoms with Crippen LogP contribution >= 0.6 is 0 Å². The number of rotatable bonds is 8. The van der Waals surface area contributed by atoms with Crippen molar-refractivity contribution in [2.75, 3.05) is 39.5 Å². The van der Waals surface area contributed by atoms with E-state index in [1.807, 2.05) is 0 Å². The third-order valence-electron chi connectivity index (χ3n) is 3.28. The Morgan fingerprint density at radius 3 is 3.00 bits per heavy atom. The minimum Gasteiger partial charge on any atom is -0.396 e. The molecule has 0 aromatic heterocycles. The van der Waals surface area contributed by atoms with Crippen LogP contribution in [-0.2, 0) is 4.74 Å². The quantitative estimate of drug-likeness (QED) is 0.623. The van der Waals surface area contributed by atoms with Crippen molar-refractivity contribution in [2.24, 2.45) is 5.92 Å². The van der Waals surface area contributed by atoms with E-state index in [0.717, 1.165) is 45.4 Å². The average Bonchev–Trinajstić information content (AvgIpc) is 2.35. The first-order chi connectivity index (χ1) is 8.26. The predicted octanol–water partition coefficient (Wildman–Crippen LogP) is 0.868. The van der Waals surface area contributed by atoms with Gasteiger partial charge in [-0.1, -0.05) is 13.3 Å². The Morgan fingerprint density at radius 2 is 2.29 bits per heavy atom. The zero-order chi connectivity index (χ0) is 12.5. The molecule has 4 heteroatoms. The third kappa shape index (κ3) is 6.36. The molecule has 2 atom stereocenters. The van der Waals surface area contributed by atoms with Crippen molar-refractivity contribution in [1.29, 1.82) is 0 Å². The lowest BCUT2D eigenvalue weighted by Gasteiger charge is -2.33. The fourth-order valence-electron chi connectivity index (χ4n) is 2.28. The Balaban J connectivity index is 2.10. The average molecular weight is 245 g/mol. The lowest BCUT2D eigenvalue weighted by atomic mass is 9.99. The van der Waals surface area contributed by atoms with Gasteiger partial charge in [0, 0.05) is 26.3 Å². The number of piperidine rings is 1. The molecule has 1 heterocycles. The zero-order valence-corrected chi connectivity index (χ0v) is 11.0. The van der Waals surface area contributed by atoms with Crippen LogP contribution < -0.4 is 0 Å². The Bertz CT molecular complexity index is 190. The number of hydrogen-bond donors (Lipinski definition) is 2. The van der Waals surface area contributed by atoms with Crippen LogP contribution in [0, 0.1) is 5.92 Å². The molecule has 17 heavy (non-hydrogen) atoms. The molecule has 4 nitrogen and oxygen atoms in total. The summed E-state index contributed by atoms with van der Waals surface area (Å²) in [4.78, 5) is 2.23. The summed E-state index contributed by atoms with van der Waals surface area (Å²) >= 11 is 0. The number of hydrogen-bond acceptors (Lipinski definition) is 4. The van der Waals surface area contributed by atoms with Crippen LogP contribution in [0.15, 0.2) is 0 Å². The summed E-state index contributed by atoms with van der Waals surface area (Å²) in [5.74, 6) is 0.386. The highest BCUT2D eigenvalue weighted by atomic mass is 16.5. The summed E-state index contributed by atoms with van der Waals surface area (Å²) in [6, 6.07) is 0. The van der Waals surface area contributed by atoms with Gasteiger partial charge in [0.25, 0.3) is 0 Å². The molecule has 0 aromatic carbocycles. The third-order valence-corrected chi connectivity index (χ3v) is 3.28. The van der Waals surface area contributed by atoms with Gasteiger partial charge in [0.1, 0.15) is 0 Å². The van der Waals surface area contributed by atoms with Crippen LogP contribution in [0.5, 0.6) is 0 Å². The van der Waals surface area contributed by atoms with Crippen molar-refractivity contribution >= 4 is 0 Å². The minimum atomic E-state index is -0.399. The molecule has 2 N–H and O–H groups in total. The lowest BCUT2D eigenvalue weighted by Crippen LogP contribution is -2.42. The first kappa shape index (κ1) is 14.9. The molecule has 0 aromatic rings. The second-order valence-corrected chi connectivity index (χ2v) is 5.03. The molecule has 0 aliphatic carbocycles. The maximum atomic E-state index is 9.83. The molecule has 0 saturated carbocycles. The van der Waals surface area contributed by atoms with Crippen molar-refractivity contribution in [3.05, 3.63) is 0 Å². The molecule has 2 unspecified atom stereocenters. The Kier molecular flexibility index (Phi) is 7.77. The summed E-state index contributed by atoms with van der Waals surface area (Å²) in [5.41, 5.74) is 0. The maximum absolute atomic E-state index is 9.83. The summed E-state index contributed by atoms with van der Waals surface area (Å²) in [7, 11) is 0. The Hall–Kier alpha value is -0.160. The number of aliphatic hydroxyl groups excluding tert-OH is 2. The summed E-state index contributed by atoms with van der Waals surface area (Å²) in [5, 5.41) is 19.0. The predicted molar refractivity (Wildman–Crippen MR) is 68.0 cm³/mol. The van der Waals surface area contributed by atoms with Crippen molar-refractivity contribution in [3.8, 4) is 0 Å². The van der Waals surface area contributed by atoms with E-state index in [1.54, 1.807) is 0 Å². The maximum Gasteiger partial charge on any atom is 0.0900 e. The van der Waals surface area contributed by atoms with Gasteiger partial charge in [-0.15, -0.1) is 0 Å². The molecule has 1 rings (SSSR count). The fraction of sp³-hybridized carbons (Fsp3) is 1.00. The van der Waals surface area contributed by atoms with Crippen LogP contribution in [0.25, 0.3) is 0 Å². The molecule has 1 aliphatic heterocycles.